The lowest BCUT2D eigenvalue weighted by Crippen LogP contribution is -2.46. The first-order chi connectivity index (χ1) is 8.61. The second-order valence-electron chi connectivity index (χ2n) is 4.54. The van der Waals surface area contributed by atoms with E-state index in [-0.39, 0.29) is 17.2 Å². The fourth-order valence-corrected chi connectivity index (χ4v) is 2.42. The number of rotatable bonds is 2. The Morgan fingerprint density at radius 1 is 1.56 bits per heavy atom. The van der Waals surface area contributed by atoms with E-state index in [1.54, 1.807) is 11.0 Å². The Bertz CT molecular complexity index is 451. The number of hydrogen-bond donors (Lipinski definition) is 2. The van der Waals surface area contributed by atoms with E-state index >= 15 is 0 Å². The molecule has 1 aliphatic heterocycles. The molecule has 4 nitrogen and oxygen atoms in total. The molecule has 1 aliphatic rings. The Kier molecular flexibility index (Phi) is 4.09. The van der Waals surface area contributed by atoms with E-state index in [4.69, 9.17) is 11.6 Å². The number of aromatic hydroxyl groups is 1. The van der Waals surface area contributed by atoms with Crippen molar-refractivity contribution < 1.29 is 9.90 Å². The summed E-state index contributed by atoms with van der Waals surface area (Å²) in [5, 5.41) is 13.4. The van der Waals surface area contributed by atoms with Crippen LogP contribution in [0.3, 0.4) is 0 Å². The molecule has 1 aromatic carbocycles. The van der Waals surface area contributed by atoms with Crippen LogP contribution in [0.1, 0.15) is 23.2 Å². The number of piperidine rings is 1. The molecule has 98 valence electrons. The van der Waals surface area contributed by atoms with E-state index in [1.807, 2.05) is 7.05 Å². The lowest BCUT2D eigenvalue weighted by atomic mass is 10.0. The van der Waals surface area contributed by atoms with Crippen molar-refractivity contribution in [3.05, 3.63) is 28.8 Å². The first-order valence-corrected chi connectivity index (χ1v) is 6.44. The minimum absolute atomic E-state index is 0.0176. The van der Waals surface area contributed by atoms with Gasteiger partial charge in [-0.2, -0.15) is 0 Å². The quantitative estimate of drug-likeness (QED) is 0.861. The third-order valence-corrected chi connectivity index (χ3v) is 3.54. The smallest absolute Gasteiger partial charge is 0.257 e. The molecule has 1 fully saturated rings. The van der Waals surface area contributed by atoms with Gasteiger partial charge in [0.25, 0.3) is 5.91 Å². The van der Waals surface area contributed by atoms with Crippen molar-refractivity contribution in [2.75, 3.05) is 20.1 Å². The Morgan fingerprint density at radius 2 is 2.33 bits per heavy atom. The SMILES string of the molecule is CNC1CCCN(C(=O)c2cc(Cl)ccc2O)C1. The van der Waals surface area contributed by atoms with E-state index in [2.05, 4.69) is 5.32 Å². The van der Waals surface area contributed by atoms with Crippen molar-refractivity contribution in [1.82, 2.24) is 10.2 Å². The molecular formula is C13H17ClN2O2. The number of halogens is 1. The van der Waals surface area contributed by atoms with Gasteiger partial charge < -0.3 is 15.3 Å². The fourth-order valence-electron chi connectivity index (χ4n) is 2.25. The van der Waals surface area contributed by atoms with Crippen LogP contribution in [0.15, 0.2) is 18.2 Å². The number of hydrogen-bond acceptors (Lipinski definition) is 3. The molecule has 0 radical (unpaired) electrons. The summed E-state index contributed by atoms with van der Waals surface area (Å²) in [5.74, 6) is -0.175. The Labute approximate surface area is 112 Å². The van der Waals surface area contributed by atoms with Crippen LogP contribution in [-0.4, -0.2) is 42.1 Å². The Hall–Kier alpha value is -1.26. The summed E-state index contributed by atoms with van der Waals surface area (Å²) < 4.78 is 0. The third-order valence-electron chi connectivity index (χ3n) is 3.31. The van der Waals surface area contributed by atoms with Crippen LogP contribution in [0.5, 0.6) is 5.75 Å². The second kappa shape index (κ2) is 5.59. The number of phenols is 1. The molecule has 0 aromatic heterocycles. The van der Waals surface area contributed by atoms with Gasteiger partial charge in [0.15, 0.2) is 0 Å². The maximum atomic E-state index is 12.3. The number of benzene rings is 1. The first-order valence-electron chi connectivity index (χ1n) is 6.07. The van der Waals surface area contributed by atoms with Crippen LogP contribution in [-0.2, 0) is 0 Å². The summed E-state index contributed by atoms with van der Waals surface area (Å²) in [6.07, 6.45) is 2.04. The van der Waals surface area contributed by atoms with Gasteiger partial charge in [-0.1, -0.05) is 11.6 Å². The van der Waals surface area contributed by atoms with Gasteiger partial charge in [0, 0.05) is 24.2 Å². The summed E-state index contributed by atoms with van der Waals surface area (Å²) in [7, 11) is 1.90. The molecule has 18 heavy (non-hydrogen) atoms. The van der Waals surface area contributed by atoms with Crippen LogP contribution in [0.2, 0.25) is 5.02 Å². The van der Waals surface area contributed by atoms with Crippen LogP contribution >= 0.6 is 11.6 Å². The molecule has 5 heteroatoms. The minimum atomic E-state index is -0.157. The summed E-state index contributed by atoms with van der Waals surface area (Å²) in [6, 6.07) is 4.86. The average molecular weight is 269 g/mol. The number of likely N-dealkylation sites (N-methyl/N-ethyl adjacent to an activating group) is 1. The number of carbonyl (C=O) groups is 1. The predicted molar refractivity (Wildman–Crippen MR) is 71.1 cm³/mol. The largest absolute Gasteiger partial charge is 0.507 e. The number of phenolic OH excluding ortho intramolecular Hbond substituents is 1. The highest BCUT2D eigenvalue weighted by atomic mass is 35.5. The Morgan fingerprint density at radius 3 is 3.06 bits per heavy atom. The molecule has 2 rings (SSSR count). The van der Waals surface area contributed by atoms with Crippen molar-refractivity contribution in [1.29, 1.82) is 0 Å². The zero-order valence-corrected chi connectivity index (χ0v) is 11.1. The number of nitrogens with zero attached hydrogens (tertiary/aromatic N) is 1. The molecule has 1 amide bonds. The summed E-state index contributed by atoms with van der Waals surface area (Å²) in [5.41, 5.74) is 0.277. The van der Waals surface area contributed by atoms with Crippen LogP contribution in [0, 0.1) is 0 Å². The Balaban J connectivity index is 2.17. The summed E-state index contributed by atoms with van der Waals surface area (Å²) >= 11 is 5.86. The monoisotopic (exact) mass is 268 g/mol. The van der Waals surface area contributed by atoms with Gasteiger partial charge in [0.1, 0.15) is 5.75 Å². The molecule has 1 aromatic rings. The molecule has 0 saturated carbocycles. The molecule has 1 atom stereocenters. The van der Waals surface area contributed by atoms with Gasteiger partial charge in [-0.25, -0.2) is 0 Å². The van der Waals surface area contributed by atoms with Crippen LogP contribution in [0.25, 0.3) is 0 Å². The van der Waals surface area contributed by atoms with E-state index in [0.29, 0.717) is 17.6 Å². The van der Waals surface area contributed by atoms with Gasteiger partial charge in [-0.15, -0.1) is 0 Å². The molecule has 1 saturated heterocycles. The fraction of sp³-hybridized carbons (Fsp3) is 0.462. The number of likely N-dealkylation sites (tertiary alicyclic amines) is 1. The van der Waals surface area contributed by atoms with Crippen molar-refractivity contribution in [2.45, 2.75) is 18.9 Å². The van der Waals surface area contributed by atoms with Gasteiger partial charge in [0.05, 0.1) is 5.56 Å². The van der Waals surface area contributed by atoms with Crippen LogP contribution < -0.4 is 5.32 Å². The van der Waals surface area contributed by atoms with Crippen molar-refractivity contribution in [2.24, 2.45) is 0 Å². The van der Waals surface area contributed by atoms with E-state index < -0.39 is 0 Å². The summed E-state index contributed by atoms with van der Waals surface area (Å²) in [4.78, 5) is 14.1. The van der Waals surface area contributed by atoms with Gasteiger partial charge >= 0.3 is 0 Å². The molecule has 2 N–H and O–H groups in total. The molecule has 0 bridgehead atoms. The highest BCUT2D eigenvalue weighted by Crippen LogP contribution is 2.24. The standard InChI is InChI=1S/C13H17ClN2O2/c1-15-10-3-2-6-16(8-10)13(18)11-7-9(14)4-5-12(11)17/h4-5,7,10,15,17H,2-3,6,8H2,1H3. The molecular weight excluding hydrogens is 252 g/mol. The lowest BCUT2D eigenvalue weighted by molar-refractivity contribution is 0.0695. The zero-order valence-electron chi connectivity index (χ0n) is 10.3. The van der Waals surface area contributed by atoms with Crippen molar-refractivity contribution in [3.63, 3.8) is 0 Å². The first kappa shape index (κ1) is 13.2. The molecule has 1 heterocycles. The van der Waals surface area contributed by atoms with Crippen molar-refractivity contribution >= 4 is 17.5 Å². The second-order valence-corrected chi connectivity index (χ2v) is 4.98. The maximum absolute atomic E-state index is 12.3. The predicted octanol–water partition coefficient (Wildman–Crippen LogP) is 1.87. The highest BCUT2D eigenvalue weighted by molar-refractivity contribution is 6.31. The van der Waals surface area contributed by atoms with Crippen molar-refractivity contribution in [3.8, 4) is 5.75 Å². The zero-order chi connectivity index (χ0) is 13.1. The number of amides is 1. The molecule has 0 spiro atoms. The molecule has 1 unspecified atom stereocenters. The topological polar surface area (TPSA) is 52.6 Å². The van der Waals surface area contributed by atoms with Gasteiger partial charge in [-0.3, -0.25) is 4.79 Å². The lowest BCUT2D eigenvalue weighted by Gasteiger charge is -2.32. The average Bonchev–Trinajstić information content (AvgIpc) is 2.41. The van der Waals surface area contributed by atoms with Crippen LogP contribution in [0.4, 0.5) is 0 Å². The summed E-state index contributed by atoms with van der Waals surface area (Å²) in [6.45, 7) is 1.39. The van der Waals surface area contributed by atoms with Gasteiger partial charge in [-0.05, 0) is 38.1 Å². The molecule has 0 aliphatic carbocycles. The van der Waals surface area contributed by atoms with Gasteiger partial charge in [0.2, 0.25) is 0 Å². The number of nitrogens with one attached hydrogen (secondary N) is 1. The van der Waals surface area contributed by atoms with E-state index in [1.165, 1.54) is 12.1 Å². The number of carbonyl (C=O) groups excluding carboxylic acids is 1. The van der Waals surface area contributed by atoms with E-state index in [0.717, 1.165) is 19.4 Å². The van der Waals surface area contributed by atoms with E-state index in [9.17, 15) is 9.90 Å². The normalized spacial score (nSPS) is 19.9. The third kappa shape index (κ3) is 2.76. The maximum Gasteiger partial charge on any atom is 0.257 e. The minimum Gasteiger partial charge on any atom is -0.507 e. The highest BCUT2D eigenvalue weighted by Gasteiger charge is 2.25.